The van der Waals surface area contributed by atoms with Gasteiger partial charge in [-0.05, 0) is 36.8 Å². The quantitative estimate of drug-likeness (QED) is 0.917. The Labute approximate surface area is 113 Å². The number of pyridine rings is 1. The SMILES string of the molecule is CNc1cc(C)ccc1C(=O)N(C)c1ccccn1. The molecule has 2 rings (SSSR count). The van der Waals surface area contributed by atoms with E-state index in [2.05, 4.69) is 10.3 Å². The summed E-state index contributed by atoms with van der Waals surface area (Å²) in [5.41, 5.74) is 2.58. The van der Waals surface area contributed by atoms with E-state index in [1.54, 1.807) is 18.1 Å². The number of aromatic nitrogens is 1. The van der Waals surface area contributed by atoms with E-state index in [9.17, 15) is 4.79 Å². The molecule has 0 bridgehead atoms. The van der Waals surface area contributed by atoms with Gasteiger partial charge in [-0.1, -0.05) is 12.1 Å². The molecule has 0 aliphatic heterocycles. The number of nitrogens with one attached hydrogen (secondary N) is 1. The van der Waals surface area contributed by atoms with Gasteiger partial charge in [-0.3, -0.25) is 9.69 Å². The van der Waals surface area contributed by atoms with Gasteiger partial charge < -0.3 is 5.32 Å². The first-order valence-electron chi connectivity index (χ1n) is 6.11. The molecule has 0 unspecified atom stereocenters. The lowest BCUT2D eigenvalue weighted by Crippen LogP contribution is -2.27. The summed E-state index contributed by atoms with van der Waals surface area (Å²) in [6.45, 7) is 2.00. The van der Waals surface area contributed by atoms with E-state index in [0.29, 0.717) is 11.4 Å². The summed E-state index contributed by atoms with van der Waals surface area (Å²) in [5, 5.41) is 3.06. The van der Waals surface area contributed by atoms with E-state index in [1.807, 2.05) is 50.4 Å². The van der Waals surface area contributed by atoms with Crippen LogP contribution < -0.4 is 10.2 Å². The predicted molar refractivity (Wildman–Crippen MR) is 77.7 cm³/mol. The van der Waals surface area contributed by atoms with Crippen molar-refractivity contribution in [1.29, 1.82) is 0 Å². The standard InChI is InChI=1S/C15H17N3O/c1-11-7-8-12(13(10-11)16-2)15(19)18(3)14-6-4-5-9-17-14/h4-10,16H,1-3H3. The van der Waals surface area contributed by atoms with Crippen molar-refractivity contribution in [3.05, 3.63) is 53.7 Å². The molecule has 2 aromatic rings. The van der Waals surface area contributed by atoms with E-state index in [0.717, 1.165) is 11.3 Å². The van der Waals surface area contributed by atoms with Crippen LogP contribution in [0.5, 0.6) is 0 Å². The second kappa shape index (κ2) is 5.52. The molecule has 4 heteroatoms. The number of aryl methyl sites for hydroxylation is 1. The second-order valence-electron chi connectivity index (χ2n) is 4.35. The van der Waals surface area contributed by atoms with Gasteiger partial charge >= 0.3 is 0 Å². The third kappa shape index (κ3) is 2.73. The zero-order valence-electron chi connectivity index (χ0n) is 11.3. The molecular formula is C15H17N3O. The van der Waals surface area contributed by atoms with E-state index < -0.39 is 0 Å². The van der Waals surface area contributed by atoms with Crippen LogP contribution in [-0.4, -0.2) is 25.0 Å². The van der Waals surface area contributed by atoms with Crippen LogP contribution in [0.4, 0.5) is 11.5 Å². The van der Waals surface area contributed by atoms with Crippen molar-refractivity contribution >= 4 is 17.4 Å². The van der Waals surface area contributed by atoms with Gasteiger partial charge in [0.1, 0.15) is 5.82 Å². The van der Waals surface area contributed by atoms with E-state index in [4.69, 9.17) is 0 Å². The molecule has 0 radical (unpaired) electrons. The lowest BCUT2D eigenvalue weighted by Gasteiger charge is -2.18. The monoisotopic (exact) mass is 255 g/mol. The summed E-state index contributed by atoms with van der Waals surface area (Å²) in [7, 11) is 3.54. The van der Waals surface area contributed by atoms with Crippen LogP contribution in [0, 0.1) is 6.92 Å². The summed E-state index contributed by atoms with van der Waals surface area (Å²) in [4.78, 5) is 18.2. The Bertz CT molecular complexity index is 581. The minimum atomic E-state index is -0.0805. The van der Waals surface area contributed by atoms with Gasteiger partial charge in [0, 0.05) is 26.0 Å². The molecule has 4 nitrogen and oxygen atoms in total. The Morgan fingerprint density at radius 1 is 1.26 bits per heavy atom. The third-order valence-electron chi connectivity index (χ3n) is 2.97. The maximum absolute atomic E-state index is 12.5. The molecule has 1 aromatic heterocycles. The topological polar surface area (TPSA) is 45.2 Å². The van der Waals surface area contributed by atoms with Crippen molar-refractivity contribution in [2.24, 2.45) is 0 Å². The van der Waals surface area contributed by atoms with Crippen LogP contribution in [0.3, 0.4) is 0 Å². The van der Waals surface area contributed by atoms with Crippen LogP contribution in [0.15, 0.2) is 42.6 Å². The summed E-state index contributed by atoms with van der Waals surface area (Å²) >= 11 is 0. The highest BCUT2D eigenvalue weighted by molar-refractivity contribution is 6.08. The Morgan fingerprint density at radius 3 is 2.68 bits per heavy atom. The van der Waals surface area contributed by atoms with Crippen molar-refractivity contribution in [3.63, 3.8) is 0 Å². The van der Waals surface area contributed by atoms with Gasteiger partial charge in [-0.25, -0.2) is 4.98 Å². The molecule has 1 amide bonds. The Balaban J connectivity index is 2.34. The molecule has 19 heavy (non-hydrogen) atoms. The summed E-state index contributed by atoms with van der Waals surface area (Å²) < 4.78 is 0. The fourth-order valence-corrected chi connectivity index (χ4v) is 1.89. The van der Waals surface area contributed by atoms with Crippen molar-refractivity contribution < 1.29 is 4.79 Å². The van der Waals surface area contributed by atoms with Crippen molar-refractivity contribution in [3.8, 4) is 0 Å². The molecular weight excluding hydrogens is 238 g/mol. The normalized spacial score (nSPS) is 10.1. The number of hydrogen-bond donors (Lipinski definition) is 1. The fraction of sp³-hybridized carbons (Fsp3) is 0.200. The zero-order chi connectivity index (χ0) is 13.8. The zero-order valence-corrected chi connectivity index (χ0v) is 11.3. The first-order valence-corrected chi connectivity index (χ1v) is 6.11. The van der Waals surface area contributed by atoms with Crippen LogP contribution in [0.2, 0.25) is 0 Å². The predicted octanol–water partition coefficient (Wildman–Crippen LogP) is 2.71. The number of carbonyl (C=O) groups is 1. The second-order valence-corrected chi connectivity index (χ2v) is 4.35. The van der Waals surface area contributed by atoms with Crippen molar-refractivity contribution in [1.82, 2.24) is 4.98 Å². The summed E-state index contributed by atoms with van der Waals surface area (Å²) in [5.74, 6) is 0.554. The third-order valence-corrected chi connectivity index (χ3v) is 2.97. The van der Waals surface area contributed by atoms with Gasteiger partial charge in [0.2, 0.25) is 0 Å². The minimum Gasteiger partial charge on any atom is -0.387 e. The van der Waals surface area contributed by atoms with E-state index in [-0.39, 0.29) is 5.91 Å². The highest BCUT2D eigenvalue weighted by Crippen LogP contribution is 2.20. The van der Waals surface area contributed by atoms with E-state index in [1.165, 1.54) is 0 Å². The average molecular weight is 255 g/mol. The molecule has 98 valence electrons. The number of hydrogen-bond acceptors (Lipinski definition) is 3. The van der Waals surface area contributed by atoms with Gasteiger partial charge in [0.05, 0.1) is 5.56 Å². The van der Waals surface area contributed by atoms with Crippen molar-refractivity contribution in [2.45, 2.75) is 6.92 Å². The lowest BCUT2D eigenvalue weighted by atomic mass is 10.1. The van der Waals surface area contributed by atoms with Crippen LogP contribution in [0.25, 0.3) is 0 Å². The Kier molecular flexibility index (Phi) is 3.80. The van der Waals surface area contributed by atoms with Crippen molar-refractivity contribution in [2.75, 3.05) is 24.3 Å². The van der Waals surface area contributed by atoms with Gasteiger partial charge in [0.15, 0.2) is 0 Å². The first kappa shape index (κ1) is 13.1. The highest BCUT2D eigenvalue weighted by atomic mass is 16.2. The maximum Gasteiger partial charge on any atom is 0.261 e. The molecule has 1 N–H and O–H groups in total. The lowest BCUT2D eigenvalue weighted by molar-refractivity contribution is 0.0993. The van der Waals surface area contributed by atoms with Crippen LogP contribution in [-0.2, 0) is 0 Å². The number of benzene rings is 1. The number of amides is 1. The summed E-state index contributed by atoms with van der Waals surface area (Å²) in [6, 6.07) is 11.2. The highest BCUT2D eigenvalue weighted by Gasteiger charge is 2.17. The summed E-state index contributed by atoms with van der Waals surface area (Å²) in [6.07, 6.45) is 1.67. The number of anilines is 2. The molecule has 1 heterocycles. The Morgan fingerprint density at radius 2 is 2.05 bits per heavy atom. The van der Waals surface area contributed by atoms with Gasteiger partial charge in [0.25, 0.3) is 5.91 Å². The number of nitrogens with zero attached hydrogens (tertiary/aromatic N) is 2. The average Bonchev–Trinajstić information content (AvgIpc) is 2.46. The Hall–Kier alpha value is -2.36. The van der Waals surface area contributed by atoms with Gasteiger partial charge in [-0.15, -0.1) is 0 Å². The number of carbonyl (C=O) groups excluding carboxylic acids is 1. The van der Waals surface area contributed by atoms with Gasteiger partial charge in [-0.2, -0.15) is 0 Å². The molecule has 0 aliphatic carbocycles. The first-order chi connectivity index (χ1) is 9.13. The largest absolute Gasteiger partial charge is 0.387 e. The molecule has 0 spiro atoms. The fourth-order valence-electron chi connectivity index (χ4n) is 1.89. The molecule has 0 atom stereocenters. The molecule has 0 aliphatic rings. The smallest absolute Gasteiger partial charge is 0.261 e. The minimum absolute atomic E-state index is 0.0805. The number of rotatable bonds is 3. The molecule has 1 aromatic carbocycles. The van der Waals surface area contributed by atoms with E-state index >= 15 is 0 Å². The van der Waals surface area contributed by atoms with Crippen LogP contribution >= 0.6 is 0 Å². The molecule has 0 fully saturated rings. The molecule has 0 saturated heterocycles. The molecule has 0 saturated carbocycles. The maximum atomic E-state index is 12.5. The van der Waals surface area contributed by atoms with Crippen LogP contribution in [0.1, 0.15) is 15.9 Å².